The smallest absolute Gasteiger partial charge is 0.0107 e. The van der Waals surface area contributed by atoms with Crippen LogP contribution in [0.2, 0.25) is 0 Å². The van der Waals surface area contributed by atoms with Crippen molar-refractivity contribution < 1.29 is 0 Å². The second kappa shape index (κ2) is 10.3. The zero-order valence-electron chi connectivity index (χ0n) is 11.7. The molecule has 1 aliphatic heterocycles. The van der Waals surface area contributed by atoms with E-state index in [-0.39, 0.29) is 24.8 Å². The van der Waals surface area contributed by atoms with Crippen molar-refractivity contribution in [1.29, 1.82) is 0 Å². The molecule has 18 heavy (non-hydrogen) atoms. The molecule has 2 fully saturated rings. The molecular formula is C14H30Cl2N2. The van der Waals surface area contributed by atoms with Crippen molar-refractivity contribution in [2.24, 2.45) is 5.92 Å². The first-order valence-corrected chi connectivity index (χ1v) is 7.34. The molecule has 0 aromatic heterocycles. The van der Waals surface area contributed by atoms with Gasteiger partial charge in [-0.25, -0.2) is 0 Å². The topological polar surface area (TPSA) is 15.3 Å². The summed E-state index contributed by atoms with van der Waals surface area (Å²) < 4.78 is 0. The van der Waals surface area contributed by atoms with E-state index in [0.29, 0.717) is 0 Å². The zero-order chi connectivity index (χ0) is 11.2. The minimum atomic E-state index is 0. The molecule has 4 heteroatoms. The van der Waals surface area contributed by atoms with Gasteiger partial charge in [0.1, 0.15) is 0 Å². The van der Waals surface area contributed by atoms with E-state index < -0.39 is 0 Å². The molecule has 1 N–H and O–H groups in total. The van der Waals surface area contributed by atoms with Crippen molar-refractivity contribution in [2.75, 3.05) is 26.2 Å². The Morgan fingerprint density at radius 3 is 2.17 bits per heavy atom. The van der Waals surface area contributed by atoms with E-state index in [1.54, 1.807) is 0 Å². The minimum absolute atomic E-state index is 0. The molecule has 110 valence electrons. The van der Waals surface area contributed by atoms with Gasteiger partial charge in [-0.1, -0.05) is 13.3 Å². The quantitative estimate of drug-likeness (QED) is 0.835. The van der Waals surface area contributed by atoms with Gasteiger partial charge in [0.05, 0.1) is 0 Å². The molecular weight excluding hydrogens is 267 g/mol. The van der Waals surface area contributed by atoms with Crippen LogP contribution in [0.25, 0.3) is 0 Å². The first-order chi connectivity index (χ1) is 7.88. The van der Waals surface area contributed by atoms with Crippen LogP contribution in [0, 0.1) is 5.92 Å². The number of nitrogens with zero attached hydrogens (tertiary/aromatic N) is 1. The Kier molecular flexibility index (Phi) is 10.6. The highest BCUT2D eigenvalue weighted by molar-refractivity contribution is 5.85. The molecule has 0 atom stereocenters. The highest BCUT2D eigenvalue weighted by Gasteiger charge is 2.19. The fourth-order valence-electron chi connectivity index (χ4n) is 3.21. The van der Waals surface area contributed by atoms with Crippen LogP contribution in [-0.2, 0) is 0 Å². The molecule has 0 radical (unpaired) electrons. The lowest BCUT2D eigenvalue weighted by Crippen LogP contribution is -2.38. The lowest BCUT2D eigenvalue weighted by atomic mass is 9.84. The summed E-state index contributed by atoms with van der Waals surface area (Å²) >= 11 is 0. The van der Waals surface area contributed by atoms with E-state index in [4.69, 9.17) is 0 Å². The summed E-state index contributed by atoms with van der Waals surface area (Å²) in [6.07, 6.45) is 9.97. The Balaban J connectivity index is 0.00000144. The summed E-state index contributed by atoms with van der Waals surface area (Å²) in [6, 6.07) is 0.824. The first kappa shape index (κ1) is 18.5. The van der Waals surface area contributed by atoms with Crippen LogP contribution in [-0.4, -0.2) is 37.1 Å². The third-order valence-corrected chi connectivity index (χ3v) is 4.48. The number of halogens is 2. The summed E-state index contributed by atoms with van der Waals surface area (Å²) in [5.41, 5.74) is 0. The van der Waals surface area contributed by atoms with Crippen LogP contribution in [0.15, 0.2) is 0 Å². The molecule has 0 bridgehead atoms. The maximum absolute atomic E-state index is 3.75. The van der Waals surface area contributed by atoms with E-state index in [0.717, 1.165) is 12.0 Å². The van der Waals surface area contributed by atoms with E-state index in [9.17, 15) is 0 Å². The molecule has 2 aliphatic rings. The van der Waals surface area contributed by atoms with E-state index >= 15 is 0 Å². The van der Waals surface area contributed by atoms with Gasteiger partial charge in [0.15, 0.2) is 0 Å². The average molecular weight is 297 g/mol. The number of hydrogen-bond donors (Lipinski definition) is 1. The van der Waals surface area contributed by atoms with Crippen molar-refractivity contribution in [3.8, 4) is 0 Å². The third kappa shape index (κ3) is 6.10. The summed E-state index contributed by atoms with van der Waals surface area (Å²) in [5.74, 6) is 1.02. The summed E-state index contributed by atoms with van der Waals surface area (Å²) in [4.78, 5) is 2.60. The van der Waals surface area contributed by atoms with Gasteiger partial charge in [0, 0.05) is 19.1 Å². The molecule has 0 aromatic rings. The van der Waals surface area contributed by atoms with Crippen LogP contribution >= 0.6 is 24.8 Å². The summed E-state index contributed by atoms with van der Waals surface area (Å²) in [5, 5.41) is 3.75. The van der Waals surface area contributed by atoms with Crippen LogP contribution in [0.5, 0.6) is 0 Å². The normalized spacial score (nSPS) is 28.5. The first-order valence-electron chi connectivity index (χ1n) is 7.34. The van der Waals surface area contributed by atoms with E-state index in [1.165, 1.54) is 71.1 Å². The SMILES string of the molecule is CCC1CCC(NCCN2CCCC2)CC1.Cl.Cl. The highest BCUT2D eigenvalue weighted by atomic mass is 35.5. The van der Waals surface area contributed by atoms with Crippen LogP contribution in [0.1, 0.15) is 51.9 Å². The van der Waals surface area contributed by atoms with Crippen molar-refractivity contribution in [3.05, 3.63) is 0 Å². The molecule has 2 rings (SSSR count). The Labute approximate surface area is 125 Å². The van der Waals surface area contributed by atoms with Crippen molar-refractivity contribution in [3.63, 3.8) is 0 Å². The van der Waals surface area contributed by atoms with E-state index in [1.807, 2.05) is 0 Å². The molecule has 1 aliphatic carbocycles. The molecule has 2 nitrogen and oxygen atoms in total. The lowest BCUT2D eigenvalue weighted by molar-refractivity contribution is 0.269. The summed E-state index contributed by atoms with van der Waals surface area (Å²) in [7, 11) is 0. The predicted molar refractivity (Wildman–Crippen MR) is 84.2 cm³/mol. The average Bonchev–Trinajstić information content (AvgIpc) is 2.83. The van der Waals surface area contributed by atoms with Gasteiger partial charge in [0.25, 0.3) is 0 Å². The largest absolute Gasteiger partial charge is 0.313 e. The fraction of sp³-hybridized carbons (Fsp3) is 1.00. The van der Waals surface area contributed by atoms with Gasteiger partial charge in [-0.2, -0.15) is 0 Å². The Morgan fingerprint density at radius 2 is 1.61 bits per heavy atom. The molecule has 0 amide bonds. The maximum atomic E-state index is 3.75. The van der Waals surface area contributed by atoms with Gasteiger partial charge in [-0.3, -0.25) is 0 Å². The monoisotopic (exact) mass is 296 g/mol. The number of hydrogen-bond acceptors (Lipinski definition) is 2. The second-order valence-corrected chi connectivity index (χ2v) is 5.63. The van der Waals surface area contributed by atoms with Crippen molar-refractivity contribution >= 4 is 24.8 Å². The van der Waals surface area contributed by atoms with Crippen LogP contribution in [0.3, 0.4) is 0 Å². The van der Waals surface area contributed by atoms with Crippen molar-refractivity contribution in [2.45, 2.75) is 57.9 Å². The Bertz CT molecular complexity index is 188. The Hall–Kier alpha value is 0.500. The molecule has 1 saturated carbocycles. The third-order valence-electron chi connectivity index (χ3n) is 4.48. The predicted octanol–water partition coefficient (Wildman–Crippen LogP) is 3.48. The van der Waals surface area contributed by atoms with Crippen LogP contribution < -0.4 is 5.32 Å². The van der Waals surface area contributed by atoms with Gasteiger partial charge in [0.2, 0.25) is 0 Å². The molecule has 0 aromatic carbocycles. The standard InChI is InChI=1S/C14H28N2.2ClH/c1-2-13-5-7-14(8-6-13)15-9-12-16-10-3-4-11-16;;/h13-15H,2-12H2,1H3;2*1H. The number of rotatable bonds is 5. The molecule has 1 saturated heterocycles. The fourth-order valence-corrected chi connectivity index (χ4v) is 3.21. The van der Waals surface area contributed by atoms with Crippen LogP contribution in [0.4, 0.5) is 0 Å². The van der Waals surface area contributed by atoms with Crippen molar-refractivity contribution in [1.82, 2.24) is 10.2 Å². The van der Waals surface area contributed by atoms with Gasteiger partial charge < -0.3 is 10.2 Å². The highest BCUT2D eigenvalue weighted by Crippen LogP contribution is 2.26. The van der Waals surface area contributed by atoms with Gasteiger partial charge in [-0.15, -0.1) is 24.8 Å². The molecule has 0 spiro atoms. The molecule has 0 unspecified atom stereocenters. The maximum Gasteiger partial charge on any atom is 0.0107 e. The zero-order valence-corrected chi connectivity index (χ0v) is 13.3. The molecule has 1 heterocycles. The lowest BCUT2D eigenvalue weighted by Gasteiger charge is -2.29. The number of nitrogens with one attached hydrogen (secondary N) is 1. The number of likely N-dealkylation sites (tertiary alicyclic amines) is 1. The Morgan fingerprint density at radius 1 is 1.00 bits per heavy atom. The van der Waals surface area contributed by atoms with Gasteiger partial charge in [-0.05, 0) is 57.5 Å². The van der Waals surface area contributed by atoms with Gasteiger partial charge >= 0.3 is 0 Å². The second-order valence-electron chi connectivity index (χ2n) is 5.63. The van der Waals surface area contributed by atoms with E-state index in [2.05, 4.69) is 17.1 Å². The minimum Gasteiger partial charge on any atom is -0.313 e. The summed E-state index contributed by atoms with van der Waals surface area (Å²) in [6.45, 7) is 7.50.